The molecule has 0 radical (unpaired) electrons. The molecule has 32 heavy (non-hydrogen) atoms. The molecular weight excluding hydrogens is 430 g/mol. The zero-order chi connectivity index (χ0) is 23.6. The molecule has 0 saturated carbocycles. The van der Waals surface area contributed by atoms with Crippen LogP contribution in [0.5, 0.6) is 0 Å². The molecule has 1 heterocycles. The van der Waals surface area contributed by atoms with E-state index in [2.05, 4.69) is 0 Å². The van der Waals surface area contributed by atoms with Crippen molar-refractivity contribution >= 4 is 21.6 Å². The molecule has 0 spiro atoms. The third-order valence-corrected chi connectivity index (χ3v) is 8.30. The fraction of sp³-hybridized carbons (Fsp3) is 0.435. The molecule has 1 atom stereocenters. The van der Waals surface area contributed by atoms with Crippen LogP contribution in [0.4, 0.5) is 5.69 Å². The van der Waals surface area contributed by atoms with E-state index in [9.17, 15) is 23.3 Å². The van der Waals surface area contributed by atoms with Gasteiger partial charge in [0, 0.05) is 38.2 Å². The molecule has 9 heteroatoms. The first kappa shape index (κ1) is 23.9. The van der Waals surface area contributed by atoms with Gasteiger partial charge in [0.1, 0.15) is 0 Å². The second-order valence-electron chi connectivity index (χ2n) is 8.42. The average Bonchev–Trinajstić information content (AvgIpc) is 2.77. The molecule has 0 N–H and O–H groups in total. The topological polar surface area (TPSA) is 101 Å². The predicted molar refractivity (Wildman–Crippen MR) is 122 cm³/mol. The Kier molecular flexibility index (Phi) is 7.00. The highest BCUT2D eigenvalue weighted by molar-refractivity contribution is 7.89. The largest absolute Gasteiger partial charge is 0.339 e. The van der Waals surface area contributed by atoms with Crippen molar-refractivity contribution < 1.29 is 18.1 Å². The van der Waals surface area contributed by atoms with Gasteiger partial charge in [0.15, 0.2) is 0 Å². The van der Waals surface area contributed by atoms with E-state index in [0.29, 0.717) is 28.9 Å². The zero-order valence-electron chi connectivity index (χ0n) is 18.8. The SMILES string of the molecule is Cc1ccc(S(=O)(=O)N2CCC(C(=O)N(C)C(C)c3cccc([N+](=O)[O-])c3)CC2)c(C)c1. The summed E-state index contributed by atoms with van der Waals surface area (Å²) in [6, 6.07) is 11.2. The highest BCUT2D eigenvalue weighted by Crippen LogP contribution is 2.29. The maximum Gasteiger partial charge on any atom is 0.269 e. The second kappa shape index (κ2) is 9.38. The highest BCUT2D eigenvalue weighted by Gasteiger charge is 2.34. The van der Waals surface area contributed by atoms with E-state index in [1.807, 2.05) is 19.9 Å². The van der Waals surface area contributed by atoms with Crippen molar-refractivity contribution in [2.24, 2.45) is 5.92 Å². The zero-order valence-corrected chi connectivity index (χ0v) is 19.6. The van der Waals surface area contributed by atoms with Crippen LogP contribution in [-0.2, 0) is 14.8 Å². The molecule has 8 nitrogen and oxygen atoms in total. The molecule has 1 aliphatic heterocycles. The molecule has 172 valence electrons. The van der Waals surface area contributed by atoms with Crippen LogP contribution in [0.2, 0.25) is 0 Å². The summed E-state index contributed by atoms with van der Waals surface area (Å²) >= 11 is 0. The highest BCUT2D eigenvalue weighted by atomic mass is 32.2. The Morgan fingerprint density at radius 3 is 2.41 bits per heavy atom. The number of hydrogen-bond acceptors (Lipinski definition) is 5. The van der Waals surface area contributed by atoms with Crippen LogP contribution < -0.4 is 0 Å². The number of piperidine rings is 1. The van der Waals surface area contributed by atoms with Crippen molar-refractivity contribution in [2.75, 3.05) is 20.1 Å². The quantitative estimate of drug-likeness (QED) is 0.483. The van der Waals surface area contributed by atoms with Crippen molar-refractivity contribution in [2.45, 2.75) is 44.6 Å². The Morgan fingerprint density at radius 1 is 1.16 bits per heavy atom. The Morgan fingerprint density at radius 2 is 1.81 bits per heavy atom. The summed E-state index contributed by atoms with van der Waals surface area (Å²) in [4.78, 5) is 25.6. The molecule has 3 rings (SSSR count). The third-order valence-electron chi connectivity index (χ3n) is 6.24. The first-order chi connectivity index (χ1) is 15.0. The summed E-state index contributed by atoms with van der Waals surface area (Å²) in [6.07, 6.45) is 0.879. The van der Waals surface area contributed by atoms with Crippen molar-refractivity contribution in [1.29, 1.82) is 0 Å². The summed E-state index contributed by atoms with van der Waals surface area (Å²) in [7, 11) is -1.92. The number of non-ortho nitro benzene ring substituents is 1. The molecule has 0 aromatic heterocycles. The lowest BCUT2D eigenvalue weighted by molar-refractivity contribution is -0.384. The number of aryl methyl sites for hydroxylation is 2. The first-order valence-corrected chi connectivity index (χ1v) is 12.0. The standard InChI is InChI=1S/C23H29N3O5S/c1-16-8-9-22(17(2)14-16)32(30,31)25-12-10-19(11-13-25)23(27)24(4)18(3)20-6-5-7-21(15-20)26(28)29/h5-9,14-15,18-19H,10-13H2,1-4H3. The van der Waals surface area contributed by atoms with Crippen LogP contribution >= 0.6 is 0 Å². The summed E-state index contributed by atoms with van der Waals surface area (Å²) in [6.45, 7) is 6.11. The number of carbonyl (C=O) groups is 1. The normalized spacial score (nSPS) is 16.5. The van der Waals surface area contributed by atoms with Crippen molar-refractivity contribution in [3.63, 3.8) is 0 Å². The number of nitrogens with zero attached hydrogens (tertiary/aromatic N) is 3. The maximum absolute atomic E-state index is 13.1. The van der Waals surface area contributed by atoms with E-state index in [-0.39, 0.29) is 36.6 Å². The van der Waals surface area contributed by atoms with Crippen molar-refractivity contribution in [3.05, 3.63) is 69.3 Å². The van der Waals surface area contributed by atoms with E-state index in [1.165, 1.54) is 16.4 Å². The van der Waals surface area contributed by atoms with E-state index >= 15 is 0 Å². The van der Waals surface area contributed by atoms with Gasteiger partial charge in [0.05, 0.1) is 15.9 Å². The number of sulfonamides is 1. The number of carbonyl (C=O) groups excluding carboxylic acids is 1. The van der Waals surface area contributed by atoms with Gasteiger partial charge in [-0.25, -0.2) is 8.42 Å². The van der Waals surface area contributed by atoms with E-state index in [0.717, 1.165) is 5.56 Å². The van der Waals surface area contributed by atoms with Crippen LogP contribution in [0.15, 0.2) is 47.4 Å². The number of amides is 1. The number of nitro groups is 1. The van der Waals surface area contributed by atoms with Gasteiger partial charge >= 0.3 is 0 Å². The molecule has 1 saturated heterocycles. The molecular formula is C23H29N3O5S. The first-order valence-electron chi connectivity index (χ1n) is 10.6. The molecule has 1 fully saturated rings. The minimum absolute atomic E-state index is 0.0138. The second-order valence-corrected chi connectivity index (χ2v) is 10.3. The maximum atomic E-state index is 13.1. The van der Waals surface area contributed by atoms with Crippen molar-refractivity contribution in [3.8, 4) is 0 Å². The molecule has 0 bridgehead atoms. The van der Waals surface area contributed by atoms with Gasteiger partial charge in [-0.1, -0.05) is 29.8 Å². The summed E-state index contributed by atoms with van der Waals surface area (Å²) in [5.74, 6) is -0.362. The Bertz CT molecular complexity index is 1120. The minimum Gasteiger partial charge on any atom is -0.339 e. The Hall–Kier alpha value is -2.78. The number of nitro benzene ring substituents is 1. The van der Waals surface area contributed by atoms with Gasteiger partial charge in [-0.15, -0.1) is 0 Å². The fourth-order valence-corrected chi connectivity index (χ4v) is 5.85. The number of benzene rings is 2. The van der Waals surface area contributed by atoms with Gasteiger partial charge < -0.3 is 4.90 Å². The fourth-order valence-electron chi connectivity index (χ4n) is 4.17. The van der Waals surface area contributed by atoms with E-state index in [1.54, 1.807) is 43.1 Å². The van der Waals surface area contributed by atoms with Crippen molar-refractivity contribution in [1.82, 2.24) is 9.21 Å². The van der Waals surface area contributed by atoms with Gasteiger partial charge in [0.2, 0.25) is 15.9 Å². The lowest BCUT2D eigenvalue weighted by atomic mass is 9.95. The smallest absolute Gasteiger partial charge is 0.269 e. The van der Waals surface area contributed by atoms with Crippen LogP contribution in [0, 0.1) is 29.9 Å². The van der Waals surface area contributed by atoms with E-state index in [4.69, 9.17) is 0 Å². The summed E-state index contributed by atoms with van der Waals surface area (Å²) in [5.41, 5.74) is 2.39. The molecule has 1 aliphatic rings. The van der Waals surface area contributed by atoms with Gasteiger partial charge in [-0.3, -0.25) is 14.9 Å². The Balaban J connectivity index is 1.67. The van der Waals surface area contributed by atoms with Gasteiger partial charge in [-0.2, -0.15) is 4.31 Å². The molecule has 2 aromatic rings. The van der Waals surface area contributed by atoms with Gasteiger partial charge in [0.25, 0.3) is 5.69 Å². The van der Waals surface area contributed by atoms with Crippen LogP contribution in [0.3, 0.4) is 0 Å². The predicted octanol–water partition coefficient (Wildman–Crippen LogP) is 3.83. The van der Waals surface area contributed by atoms with Gasteiger partial charge in [-0.05, 0) is 50.8 Å². The number of hydrogen-bond donors (Lipinski definition) is 0. The minimum atomic E-state index is -3.61. The monoisotopic (exact) mass is 459 g/mol. The average molecular weight is 460 g/mol. The lowest BCUT2D eigenvalue weighted by Crippen LogP contribution is -2.44. The third kappa shape index (κ3) is 4.83. The summed E-state index contributed by atoms with van der Waals surface area (Å²) in [5, 5.41) is 11.0. The van der Waals surface area contributed by atoms with Crippen LogP contribution in [-0.4, -0.2) is 48.6 Å². The lowest BCUT2D eigenvalue weighted by Gasteiger charge is -2.34. The molecule has 1 unspecified atom stereocenters. The molecule has 0 aliphatic carbocycles. The van der Waals surface area contributed by atoms with E-state index < -0.39 is 14.9 Å². The Labute approximate surface area is 189 Å². The molecule has 2 aromatic carbocycles. The van der Waals surface area contributed by atoms with Crippen LogP contribution in [0.1, 0.15) is 42.5 Å². The summed E-state index contributed by atoms with van der Waals surface area (Å²) < 4.78 is 27.6. The number of rotatable bonds is 6. The molecule has 1 amide bonds. The van der Waals surface area contributed by atoms with Crippen LogP contribution in [0.25, 0.3) is 0 Å².